The molecule has 5 nitrogen and oxygen atoms in total. The van der Waals surface area contributed by atoms with Gasteiger partial charge in [-0.1, -0.05) is 12.1 Å². The van der Waals surface area contributed by atoms with E-state index in [0.717, 1.165) is 5.01 Å². The van der Waals surface area contributed by atoms with Crippen molar-refractivity contribution in [2.24, 2.45) is 5.73 Å². The van der Waals surface area contributed by atoms with E-state index in [1.807, 2.05) is 0 Å². The number of para-hydroxylation sites is 1. The van der Waals surface area contributed by atoms with Crippen molar-refractivity contribution >= 4 is 29.7 Å². The van der Waals surface area contributed by atoms with Crippen LogP contribution in [0.5, 0.6) is 5.75 Å². The summed E-state index contributed by atoms with van der Waals surface area (Å²) in [4.78, 5) is 17.9. The van der Waals surface area contributed by atoms with Crippen LogP contribution in [0.4, 0.5) is 4.39 Å². The second-order valence-corrected chi connectivity index (χ2v) is 5.61. The molecule has 0 saturated carbocycles. The fourth-order valence-electron chi connectivity index (χ4n) is 1.80. The van der Waals surface area contributed by atoms with Crippen molar-refractivity contribution in [3.8, 4) is 5.75 Å². The molecule has 0 bridgehead atoms. The second-order valence-electron chi connectivity index (χ2n) is 4.67. The van der Waals surface area contributed by atoms with Gasteiger partial charge in [0.1, 0.15) is 12.3 Å². The van der Waals surface area contributed by atoms with Crippen LogP contribution in [0.2, 0.25) is 0 Å². The monoisotopic (exact) mass is 359 g/mol. The van der Waals surface area contributed by atoms with Crippen molar-refractivity contribution in [2.45, 2.75) is 6.42 Å². The minimum Gasteiger partial charge on any atom is -0.489 e. The molecule has 0 fully saturated rings. The zero-order valence-electron chi connectivity index (χ0n) is 12.7. The molecule has 0 atom stereocenters. The normalized spacial score (nSPS) is 10.0. The van der Waals surface area contributed by atoms with Crippen LogP contribution in [-0.4, -0.2) is 42.5 Å². The highest BCUT2D eigenvalue weighted by Crippen LogP contribution is 2.15. The molecule has 1 heterocycles. The summed E-state index contributed by atoms with van der Waals surface area (Å²) < 4.78 is 18.7. The molecule has 1 aromatic heterocycles. The number of halogens is 2. The van der Waals surface area contributed by atoms with E-state index >= 15 is 0 Å². The van der Waals surface area contributed by atoms with Crippen LogP contribution in [0.1, 0.15) is 15.5 Å². The summed E-state index contributed by atoms with van der Waals surface area (Å²) in [5, 5.41) is 2.57. The van der Waals surface area contributed by atoms with Gasteiger partial charge in [-0.25, -0.2) is 9.37 Å². The molecule has 0 saturated heterocycles. The first kappa shape index (κ1) is 19.3. The Morgan fingerprint density at radius 3 is 2.87 bits per heavy atom. The molecular formula is C15H19ClFN3O2S. The number of rotatable bonds is 7. The quantitative estimate of drug-likeness (QED) is 0.824. The van der Waals surface area contributed by atoms with Gasteiger partial charge in [-0.15, -0.1) is 23.7 Å². The van der Waals surface area contributed by atoms with Gasteiger partial charge in [0.15, 0.2) is 11.6 Å². The zero-order chi connectivity index (χ0) is 15.9. The smallest absolute Gasteiger partial charge is 0.273 e. The number of benzene rings is 1. The Hall–Kier alpha value is -1.70. The van der Waals surface area contributed by atoms with Gasteiger partial charge in [0.05, 0.1) is 11.6 Å². The van der Waals surface area contributed by atoms with Crippen molar-refractivity contribution in [3.05, 3.63) is 46.2 Å². The molecule has 1 amide bonds. The number of carbonyl (C=O) groups is 1. The predicted molar refractivity (Wildman–Crippen MR) is 91.0 cm³/mol. The number of hydrogen-bond donors (Lipinski definition) is 1. The van der Waals surface area contributed by atoms with Crippen LogP contribution in [0.15, 0.2) is 29.6 Å². The Labute approximate surface area is 144 Å². The van der Waals surface area contributed by atoms with E-state index in [4.69, 9.17) is 10.5 Å². The second kappa shape index (κ2) is 9.44. The number of hydrogen-bond acceptors (Lipinski definition) is 5. The van der Waals surface area contributed by atoms with Crippen molar-refractivity contribution in [3.63, 3.8) is 0 Å². The molecule has 1 aromatic carbocycles. The molecule has 0 aliphatic rings. The van der Waals surface area contributed by atoms with Crippen molar-refractivity contribution in [1.29, 1.82) is 0 Å². The maximum Gasteiger partial charge on any atom is 0.273 e. The van der Waals surface area contributed by atoms with Gasteiger partial charge in [-0.2, -0.15) is 0 Å². The average molecular weight is 360 g/mol. The van der Waals surface area contributed by atoms with Crippen LogP contribution in [0, 0.1) is 5.82 Å². The molecule has 0 spiro atoms. The maximum atomic E-state index is 13.4. The van der Waals surface area contributed by atoms with Crippen molar-refractivity contribution in [1.82, 2.24) is 9.88 Å². The standard InChI is InChI=1S/C15H18FN3O2S.ClH/c1-19(8-9-21-13-5-3-2-4-11(13)16)15(20)12-10-22-14(18-12)6-7-17;/h2-5,10H,6-9,17H2,1H3;1H. The van der Waals surface area contributed by atoms with Gasteiger partial charge in [-0.3, -0.25) is 4.79 Å². The van der Waals surface area contributed by atoms with Gasteiger partial charge in [0, 0.05) is 18.8 Å². The van der Waals surface area contributed by atoms with Crippen molar-refractivity contribution < 1.29 is 13.9 Å². The number of ether oxygens (including phenoxy) is 1. The first-order valence-corrected chi connectivity index (χ1v) is 7.77. The number of amides is 1. The third-order valence-corrected chi connectivity index (χ3v) is 3.91. The van der Waals surface area contributed by atoms with Gasteiger partial charge in [-0.05, 0) is 18.7 Å². The van der Waals surface area contributed by atoms with E-state index in [9.17, 15) is 9.18 Å². The number of carbonyl (C=O) groups excluding carboxylic acids is 1. The summed E-state index contributed by atoms with van der Waals surface area (Å²) >= 11 is 1.42. The Kier molecular flexibility index (Phi) is 7.94. The lowest BCUT2D eigenvalue weighted by atomic mass is 10.3. The minimum absolute atomic E-state index is 0. The van der Waals surface area contributed by atoms with Gasteiger partial charge in [0.2, 0.25) is 0 Å². The summed E-state index contributed by atoms with van der Waals surface area (Å²) in [5.74, 6) is -0.415. The van der Waals surface area contributed by atoms with Gasteiger partial charge >= 0.3 is 0 Å². The predicted octanol–water partition coefficient (Wildman–Crippen LogP) is 2.36. The van der Waals surface area contributed by atoms with Gasteiger partial charge in [0.25, 0.3) is 5.91 Å². The highest BCUT2D eigenvalue weighted by atomic mass is 35.5. The van der Waals surface area contributed by atoms with Crippen molar-refractivity contribution in [2.75, 3.05) is 26.7 Å². The SMILES string of the molecule is CN(CCOc1ccccc1F)C(=O)c1csc(CCN)n1.Cl. The molecule has 2 N–H and O–H groups in total. The largest absolute Gasteiger partial charge is 0.489 e. The first-order valence-electron chi connectivity index (χ1n) is 6.89. The molecule has 2 aromatic rings. The fraction of sp³-hybridized carbons (Fsp3) is 0.333. The van der Waals surface area contributed by atoms with Crippen LogP contribution in [0.25, 0.3) is 0 Å². The molecule has 126 valence electrons. The highest BCUT2D eigenvalue weighted by molar-refractivity contribution is 7.09. The molecule has 0 radical (unpaired) electrons. The van der Waals surface area contributed by atoms with E-state index in [-0.39, 0.29) is 30.7 Å². The molecule has 0 unspecified atom stereocenters. The van der Waals surface area contributed by atoms with Gasteiger partial charge < -0.3 is 15.4 Å². The number of thiazole rings is 1. The Balaban J connectivity index is 0.00000264. The zero-order valence-corrected chi connectivity index (χ0v) is 14.3. The molecule has 2 rings (SSSR count). The van der Waals surface area contributed by atoms with E-state index in [1.165, 1.54) is 22.3 Å². The molecular weight excluding hydrogens is 341 g/mol. The van der Waals surface area contributed by atoms with Crippen LogP contribution in [-0.2, 0) is 6.42 Å². The average Bonchev–Trinajstić information content (AvgIpc) is 2.97. The number of nitrogens with zero attached hydrogens (tertiary/aromatic N) is 2. The molecule has 0 aliphatic heterocycles. The van der Waals surface area contributed by atoms with Crippen LogP contribution in [0.3, 0.4) is 0 Å². The first-order chi connectivity index (χ1) is 10.6. The minimum atomic E-state index is -0.414. The molecule has 0 aliphatic carbocycles. The summed E-state index contributed by atoms with van der Waals surface area (Å²) in [6, 6.07) is 6.18. The lowest BCUT2D eigenvalue weighted by Gasteiger charge is -2.16. The Bertz CT molecular complexity index is 639. The number of aromatic nitrogens is 1. The molecule has 8 heteroatoms. The lowest BCUT2D eigenvalue weighted by Crippen LogP contribution is -2.31. The Morgan fingerprint density at radius 2 is 2.17 bits per heavy atom. The summed E-state index contributed by atoms with van der Waals surface area (Å²) in [5.41, 5.74) is 5.87. The topological polar surface area (TPSA) is 68.5 Å². The number of nitrogens with two attached hydrogens (primary N) is 1. The van der Waals surface area contributed by atoms with E-state index in [0.29, 0.717) is 25.2 Å². The fourth-order valence-corrected chi connectivity index (χ4v) is 2.59. The van der Waals surface area contributed by atoms with E-state index < -0.39 is 5.82 Å². The Morgan fingerprint density at radius 1 is 1.43 bits per heavy atom. The summed E-state index contributed by atoms with van der Waals surface area (Å²) in [7, 11) is 1.66. The molecule has 23 heavy (non-hydrogen) atoms. The highest BCUT2D eigenvalue weighted by Gasteiger charge is 2.15. The maximum absolute atomic E-state index is 13.4. The summed E-state index contributed by atoms with van der Waals surface area (Å²) in [6.07, 6.45) is 0.665. The van der Waals surface area contributed by atoms with Crippen LogP contribution >= 0.6 is 23.7 Å². The van der Waals surface area contributed by atoms with Crippen LogP contribution < -0.4 is 10.5 Å². The third-order valence-electron chi connectivity index (χ3n) is 3.00. The van der Waals surface area contributed by atoms with E-state index in [1.54, 1.807) is 30.6 Å². The third kappa shape index (κ3) is 5.46. The summed E-state index contributed by atoms with van der Waals surface area (Å²) in [6.45, 7) is 1.06. The van der Waals surface area contributed by atoms with E-state index in [2.05, 4.69) is 4.98 Å². The lowest BCUT2D eigenvalue weighted by molar-refractivity contribution is 0.0767. The number of likely N-dealkylation sites (N-methyl/N-ethyl adjacent to an activating group) is 1.